The smallest absolute Gasteiger partial charge is 0.379 e. The Hall–Kier alpha value is -1.41. The van der Waals surface area contributed by atoms with E-state index in [1.54, 1.807) is 0 Å². The molecule has 1 aliphatic carbocycles. The topological polar surface area (TPSA) is 35.8 Å². The SMILES string of the molecule is N#CC1CCCCC1Nc1c(Cl)cccc1C(F)(F)F. The molecular weight excluding hydrogens is 289 g/mol. The van der Waals surface area contributed by atoms with E-state index in [9.17, 15) is 13.2 Å². The van der Waals surface area contributed by atoms with E-state index in [0.29, 0.717) is 12.8 Å². The van der Waals surface area contributed by atoms with E-state index < -0.39 is 11.7 Å². The van der Waals surface area contributed by atoms with E-state index in [4.69, 9.17) is 16.9 Å². The first-order valence-electron chi connectivity index (χ1n) is 6.45. The molecule has 20 heavy (non-hydrogen) atoms. The predicted octanol–water partition coefficient (Wildman–Crippen LogP) is 4.85. The van der Waals surface area contributed by atoms with Crippen molar-refractivity contribution < 1.29 is 13.2 Å². The minimum atomic E-state index is -4.47. The highest BCUT2D eigenvalue weighted by molar-refractivity contribution is 6.33. The van der Waals surface area contributed by atoms with Crippen LogP contribution in [0.15, 0.2) is 18.2 Å². The molecule has 108 valence electrons. The normalized spacial score (nSPS) is 23.1. The molecule has 0 aromatic heterocycles. The molecule has 1 N–H and O–H groups in total. The van der Waals surface area contributed by atoms with Crippen LogP contribution in [0.5, 0.6) is 0 Å². The van der Waals surface area contributed by atoms with Gasteiger partial charge in [0.05, 0.1) is 28.3 Å². The maximum Gasteiger partial charge on any atom is 0.418 e. The summed E-state index contributed by atoms with van der Waals surface area (Å²) in [4.78, 5) is 0. The molecule has 6 heteroatoms. The first-order chi connectivity index (χ1) is 9.43. The van der Waals surface area contributed by atoms with Crippen LogP contribution in [0.2, 0.25) is 5.02 Å². The van der Waals surface area contributed by atoms with Crippen molar-refractivity contribution in [3.63, 3.8) is 0 Å². The van der Waals surface area contributed by atoms with Crippen molar-refractivity contribution in [3.8, 4) is 6.07 Å². The Morgan fingerprint density at radius 1 is 1.25 bits per heavy atom. The number of anilines is 1. The van der Waals surface area contributed by atoms with Crippen LogP contribution in [-0.4, -0.2) is 6.04 Å². The van der Waals surface area contributed by atoms with Gasteiger partial charge >= 0.3 is 6.18 Å². The summed E-state index contributed by atoms with van der Waals surface area (Å²) in [7, 11) is 0. The summed E-state index contributed by atoms with van der Waals surface area (Å²) in [6.07, 6.45) is -1.24. The average molecular weight is 303 g/mol. The lowest BCUT2D eigenvalue weighted by Crippen LogP contribution is -2.32. The van der Waals surface area contributed by atoms with Gasteiger partial charge in [0.25, 0.3) is 0 Å². The molecule has 1 aromatic rings. The Morgan fingerprint density at radius 3 is 2.60 bits per heavy atom. The third-order valence-corrected chi connectivity index (χ3v) is 3.90. The third kappa shape index (κ3) is 3.18. The molecule has 2 atom stereocenters. The molecule has 2 rings (SSSR count). The molecule has 0 bridgehead atoms. The van der Waals surface area contributed by atoms with E-state index in [1.165, 1.54) is 12.1 Å². The van der Waals surface area contributed by atoms with Crippen LogP contribution in [0.1, 0.15) is 31.2 Å². The molecule has 1 aliphatic rings. The third-order valence-electron chi connectivity index (χ3n) is 3.58. The van der Waals surface area contributed by atoms with E-state index in [2.05, 4.69) is 11.4 Å². The summed E-state index contributed by atoms with van der Waals surface area (Å²) in [5.74, 6) is -0.277. The van der Waals surface area contributed by atoms with E-state index >= 15 is 0 Å². The number of alkyl halides is 3. The molecule has 0 amide bonds. The lowest BCUT2D eigenvalue weighted by molar-refractivity contribution is -0.137. The monoisotopic (exact) mass is 302 g/mol. The lowest BCUT2D eigenvalue weighted by Gasteiger charge is -2.30. The molecule has 1 aromatic carbocycles. The van der Waals surface area contributed by atoms with Gasteiger partial charge in [-0.3, -0.25) is 0 Å². The minimum Gasteiger partial charge on any atom is -0.379 e. The summed E-state index contributed by atoms with van der Waals surface area (Å²) in [6.45, 7) is 0. The van der Waals surface area contributed by atoms with Crippen LogP contribution < -0.4 is 5.32 Å². The Labute approximate surface area is 120 Å². The zero-order chi connectivity index (χ0) is 14.8. The van der Waals surface area contributed by atoms with Crippen LogP contribution in [0.25, 0.3) is 0 Å². The number of nitriles is 1. The zero-order valence-corrected chi connectivity index (χ0v) is 11.4. The van der Waals surface area contributed by atoms with Gasteiger partial charge < -0.3 is 5.32 Å². The maximum atomic E-state index is 13.0. The minimum absolute atomic E-state index is 0.0297. The first-order valence-corrected chi connectivity index (χ1v) is 6.83. The van der Waals surface area contributed by atoms with Gasteiger partial charge in [-0.15, -0.1) is 0 Å². The van der Waals surface area contributed by atoms with Gasteiger partial charge in [-0.2, -0.15) is 18.4 Å². The van der Waals surface area contributed by atoms with E-state index in [-0.39, 0.29) is 22.7 Å². The average Bonchev–Trinajstić information content (AvgIpc) is 2.40. The maximum absolute atomic E-state index is 13.0. The van der Waals surface area contributed by atoms with Gasteiger partial charge in [-0.25, -0.2) is 0 Å². The fourth-order valence-corrected chi connectivity index (χ4v) is 2.78. The van der Waals surface area contributed by atoms with Crippen molar-refractivity contribution in [2.24, 2.45) is 5.92 Å². The van der Waals surface area contributed by atoms with E-state index in [1.807, 2.05) is 0 Å². The lowest BCUT2D eigenvalue weighted by atomic mass is 9.85. The summed E-state index contributed by atoms with van der Waals surface area (Å²) in [5, 5.41) is 12.0. The van der Waals surface area contributed by atoms with Crippen LogP contribution in [0, 0.1) is 17.2 Å². The summed E-state index contributed by atoms with van der Waals surface area (Å²) >= 11 is 5.90. The molecule has 0 aliphatic heterocycles. The largest absolute Gasteiger partial charge is 0.418 e. The van der Waals surface area contributed by atoms with Crippen molar-refractivity contribution in [2.45, 2.75) is 37.9 Å². The Morgan fingerprint density at radius 2 is 1.95 bits per heavy atom. The molecule has 1 saturated carbocycles. The van der Waals surface area contributed by atoms with Crippen molar-refractivity contribution in [1.82, 2.24) is 0 Å². The summed E-state index contributed by atoms with van der Waals surface area (Å²) < 4.78 is 39.0. The summed E-state index contributed by atoms with van der Waals surface area (Å²) in [5.41, 5.74) is -0.902. The zero-order valence-electron chi connectivity index (χ0n) is 10.7. The standard InChI is InChI=1S/C14H14ClF3N2/c15-11-6-3-5-10(14(16,17)18)13(11)20-12-7-2-1-4-9(12)8-19/h3,5-6,9,12,20H,1-2,4,7H2. The van der Waals surface area contributed by atoms with E-state index in [0.717, 1.165) is 18.9 Å². The van der Waals surface area contributed by atoms with Gasteiger partial charge in [-0.05, 0) is 25.0 Å². The van der Waals surface area contributed by atoms with Gasteiger partial charge in [0, 0.05) is 6.04 Å². The molecule has 0 radical (unpaired) electrons. The second-order valence-corrected chi connectivity index (χ2v) is 5.34. The molecule has 2 nitrogen and oxygen atoms in total. The van der Waals surface area contributed by atoms with Gasteiger partial charge in [0.1, 0.15) is 0 Å². The molecule has 2 unspecified atom stereocenters. The predicted molar refractivity (Wildman–Crippen MR) is 71.4 cm³/mol. The van der Waals surface area contributed by atoms with Crippen molar-refractivity contribution in [3.05, 3.63) is 28.8 Å². The highest BCUT2D eigenvalue weighted by Crippen LogP contribution is 2.40. The highest BCUT2D eigenvalue weighted by atomic mass is 35.5. The molecule has 0 saturated heterocycles. The number of benzene rings is 1. The van der Waals surface area contributed by atoms with Gasteiger partial charge in [-0.1, -0.05) is 30.5 Å². The fraction of sp³-hybridized carbons (Fsp3) is 0.500. The highest BCUT2D eigenvalue weighted by Gasteiger charge is 2.36. The van der Waals surface area contributed by atoms with Crippen molar-refractivity contribution in [2.75, 3.05) is 5.32 Å². The molecular formula is C14H14ClF3N2. The number of nitrogens with one attached hydrogen (secondary N) is 1. The number of rotatable bonds is 2. The van der Waals surface area contributed by atoms with Crippen LogP contribution in [0.3, 0.4) is 0 Å². The van der Waals surface area contributed by atoms with Crippen LogP contribution in [-0.2, 0) is 6.18 Å². The molecule has 0 heterocycles. The fourth-order valence-electron chi connectivity index (χ4n) is 2.55. The first kappa shape index (κ1) is 15.0. The Bertz CT molecular complexity index is 522. The van der Waals surface area contributed by atoms with Gasteiger partial charge in [0.15, 0.2) is 0 Å². The van der Waals surface area contributed by atoms with Crippen LogP contribution in [0.4, 0.5) is 18.9 Å². The number of halogens is 4. The summed E-state index contributed by atoms with van der Waals surface area (Å²) in [6, 6.07) is 5.58. The van der Waals surface area contributed by atoms with Gasteiger partial charge in [0.2, 0.25) is 0 Å². The quantitative estimate of drug-likeness (QED) is 0.847. The number of nitrogens with zero attached hydrogens (tertiary/aromatic N) is 1. The van der Waals surface area contributed by atoms with Crippen LogP contribution >= 0.6 is 11.6 Å². The second-order valence-electron chi connectivity index (χ2n) is 4.93. The Balaban J connectivity index is 2.31. The molecule has 1 fully saturated rings. The van der Waals surface area contributed by atoms with Crippen molar-refractivity contribution in [1.29, 1.82) is 5.26 Å². The Kier molecular flexibility index (Phi) is 4.44. The second kappa shape index (κ2) is 5.92. The number of hydrogen-bond acceptors (Lipinski definition) is 2. The van der Waals surface area contributed by atoms with Crippen molar-refractivity contribution >= 4 is 17.3 Å². The molecule has 0 spiro atoms. The number of hydrogen-bond donors (Lipinski definition) is 1. The number of para-hydroxylation sites is 1.